The van der Waals surface area contributed by atoms with Crippen molar-refractivity contribution >= 4 is 23.1 Å². The maximum absolute atomic E-state index is 13.4. The molecule has 0 amide bonds. The van der Waals surface area contributed by atoms with Gasteiger partial charge in [0.05, 0.1) is 14.2 Å². The second-order valence-electron chi connectivity index (χ2n) is 9.65. The SMILES string of the molecule is COc1cc2c(cc1OC)C1=C[C@H](c3ccc(Cl)cc3)C3=C(CC(C)(C)CC3=O)N1CC2. The molecule has 1 atom stereocenters. The molecule has 0 unspecified atom stereocenters. The summed E-state index contributed by atoms with van der Waals surface area (Å²) in [6.07, 6.45) is 4.61. The minimum absolute atomic E-state index is 0.0548. The van der Waals surface area contributed by atoms with Crippen LogP contribution in [0.25, 0.3) is 5.70 Å². The first kappa shape index (κ1) is 21.1. The summed E-state index contributed by atoms with van der Waals surface area (Å²) in [6, 6.07) is 12.0. The molecule has 4 nitrogen and oxygen atoms in total. The number of methoxy groups -OCH3 is 2. The second-order valence-corrected chi connectivity index (χ2v) is 10.1. The lowest BCUT2D eigenvalue weighted by Crippen LogP contribution is -2.40. The Hall–Kier alpha value is -2.72. The Morgan fingerprint density at radius 1 is 1.03 bits per heavy atom. The number of hydrogen-bond acceptors (Lipinski definition) is 4. The van der Waals surface area contributed by atoms with Gasteiger partial charge < -0.3 is 14.4 Å². The molecule has 0 N–H and O–H groups in total. The Labute approximate surface area is 194 Å². The first-order chi connectivity index (χ1) is 15.3. The van der Waals surface area contributed by atoms with E-state index in [1.54, 1.807) is 14.2 Å². The molecule has 2 aliphatic heterocycles. The first-order valence-electron chi connectivity index (χ1n) is 11.1. The molecular weight excluding hydrogens is 422 g/mol. The zero-order valence-electron chi connectivity index (χ0n) is 19.0. The fourth-order valence-electron chi connectivity index (χ4n) is 5.39. The summed E-state index contributed by atoms with van der Waals surface area (Å²) in [5.41, 5.74) is 6.69. The molecule has 3 aliphatic rings. The Morgan fingerprint density at radius 3 is 2.41 bits per heavy atom. The number of hydrogen-bond donors (Lipinski definition) is 0. The molecule has 1 aliphatic carbocycles. The number of nitrogens with zero attached hydrogens (tertiary/aromatic N) is 1. The van der Waals surface area contributed by atoms with Crippen LogP contribution in [0.2, 0.25) is 5.02 Å². The topological polar surface area (TPSA) is 38.8 Å². The van der Waals surface area contributed by atoms with Gasteiger partial charge in [-0.25, -0.2) is 0 Å². The van der Waals surface area contributed by atoms with Crippen molar-refractivity contribution in [1.82, 2.24) is 4.90 Å². The molecule has 2 aromatic rings. The number of carbonyl (C=O) groups is 1. The van der Waals surface area contributed by atoms with Crippen molar-refractivity contribution in [1.29, 1.82) is 0 Å². The van der Waals surface area contributed by atoms with E-state index < -0.39 is 0 Å². The highest BCUT2D eigenvalue weighted by molar-refractivity contribution is 6.30. The van der Waals surface area contributed by atoms with Crippen LogP contribution in [0.3, 0.4) is 0 Å². The average Bonchev–Trinajstić information content (AvgIpc) is 2.77. The summed E-state index contributed by atoms with van der Waals surface area (Å²) < 4.78 is 11.2. The zero-order valence-corrected chi connectivity index (χ0v) is 19.8. The van der Waals surface area contributed by atoms with E-state index in [9.17, 15) is 4.79 Å². The first-order valence-corrected chi connectivity index (χ1v) is 11.5. The Bertz CT molecular complexity index is 1160. The lowest BCUT2D eigenvalue weighted by atomic mass is 9.69. The van der Waals surface area contributed by atoms with E-state index in [2.05, 4.69) is 37.0 Å². The third kappa shape index (κ3) is 3.41. The average molecular weight is 450 g/mol. The minimum atomic E-state index is -0.0869. The molecule has 32 heavy (non-hydrogen) atoms. The molecule has 0 fully saturated rings. The van der Waals surface area contributed by atoms with Gasteiger partial charge in [0.2, 0.25) is 0 Å². The highest BCUT2D eigenvalue weighted by atomic mass is 35.5. The van der Waals surface area contributed by atoms with E-state index in [1.807, 2.05) is 24.3 Å². The molecule has 0 saturated carbocycles. The van der Waals surface area contributed by atoms with Crippen molar-refractivity contribution in [2.75, 3.05) is 20.8 Å². The van der Waals surface area contributed by atoms with E-state index in [0.717, 1.165) is 53.3 Å². The largest absolute Gasteiger partial charge is 0.493 e. The van der Waals surface area contributed by atoms with Crippen molar-refractivity contribution in [2.24, 2.45) is 5.41 Å². The van der Waals surface area contributed by atoms with Gasteiger partial charge in [-0.05, 0) is 59.7 Å². The summed E-state index contributed by atoms with van der Waals surface area (Å²) in [5.74, 6) is 1.64. The monoisotopic (exact) mass is 449 g/mol. The Balaban J connectivity index is 1.71. The van der Waals surface area contributed by atoms with Crippen molar-refractivity contribution in [2.45, 2.75) is 39.0 Å². The number of Topliss-reactive ketones (excluding diaryl/α,β-unsaturated/α-hetero) is 1. The number of fused-ring (bicyclic) bond motifs is 4. The summed E-state index contributed by atoms with van der Waals surface area (Å²) >= 11 is 6.17. The number of rotatable bonds is 3. The second kappa shape index (κ2) is 7.70. The smallest absolute Gasteiger partial charge is 0.162 e. The van der Waals surface area contributed by atoms with Gasteiger partial charge in [0.1, 0.15) is 0 Å². The van der Waals surface area contributed by atoms with Gasteiger partial charge in [0.25, 0.3) is 0 Å². The Morgan fingerprint density at radius 2 is 1.72 bits per heavy atom. The van der Waals surface area contributed by atoms with Gasteiger partial charge in [0, 0.05) is 46.4 Å². The maximum Gasteiger partial charge on any atom is 0.162 e. The maximum atomic E-state index is 13.4. The fourth-order valence-corrected chi connectivity index (χ4v) is 5.52. The van der Waals surface area contributed by atoms with Gasteiger partial charge in [-0.2, -0.15) is 0 Å². The highest BCUT2D eigenvalue weighted by Crippen LogP contribution is 2.51. The fraction of sp³-hybridized carbons (Fsp3) is 0.370. The molecule has 0 bridgehead atoms. The van der Waals surface area contributed by atoms with Gasteiger partial charge in [-0.1, -0.05) is 37.6 Å². The van der Waals surface area contributed by atoms with Gasteiger partial charge in [-0.3, -0.25) is 4.79 Å². The molecule has 2 aromatic carbocycles. The van der Waals surface area contributed by atoms with Crippen LogP contribution in [0.4, 0.5) is 0 Å². The van der Waals surface area contributed by atoms with Crippen LogP contribution in [0, 0.1) is 5.41 Å². The van der Waals surface area contributed by atoms with Gasteiger partial charge >= 0.3 is 0 Å². The Kier molecular flexibility index (Phi) is 5.09. The van der Waals surface area contributed by atoms with E-state index in [-0.39, 0.29) is 17.1 Å². The summed E-state index contributed by atoms with van der Waals surface area (Å²) in [6.45, 7) is 5.23. The minimum Gasteiger partial charge on any atom is -0.493 e. The quantitative estimate of drug-likeness (QED) is 0.576. The summed E-state index contributed by atoms with van der Waals surface area (Å²) in [5, 5.41) is 0.698. The number of benzene rings is 2. The number of carbonyl (C=O) groups excluding carboxylic acids is 1. The number of halogens is 1. The van der Waals surface area contributed by atoms with Crippen LogP contribution in [0.5, 0.6) is 11.5 Å². The van der Waals surface area contributed by atoms with E-state index >= 15 is 0 Å². The number of ketones is 1. The van der Waals surface area contributed by atoms with Crippen molar-refractivity contribution < 1.29 is 14.3 Å². The van der Waals surface area contributed by atoms with Crippen LogP contribution in [-0.2, 0) is 11.2 Å². The predicted octanol–water partition coefficient (Wildman–Crippen LogP) is 6.00. The molecule has 2 heterocycles. The van der Waals surface area contributed by atoms with Crippen molar-refractivity contribution in [3.8, 4) is 11.5 Å². The van der Waals surface area contributed by atoms with Gasteiger partial charge in [-0.15, -0.1) is 0 Å². The van der Waals surface area contributed by atoms with E-state index in [0.29, 0.717) is 11.4 Å². The van der Waals surface area contributed by atoms with Crippen molar-refractivity contribution in [3.63, 3.8) is 0 Å². The molecule has 0 aromatic heterocycles. The molecule has 5 heteroatoms. The van der Waals surface area contributed by atoms with Crippen LogP contribution in [-0.4, -0.2) is 31.4 Å². The van der Waals surface area contributed by atoms with Crippen molar-refractivity contribution in [3.05, 3.63) is 75.5 Å². The molecule has 0 spiro atoms. The highest BCUT2D eigenvalue weighted by Gasteiger charge is 2.42. The summed E-state index contributed by atoms with van der Waals surface area (Å²) in [7, 11) is 3.34. The lowest BCUT2D eigenvalue weighted by molar-refractivity contribution is -0.118. The molecule has 0 radical (unpaired) electrons. The van der Waals surface area contributed by atoms with Crippen LogP contribution < -0.4 is 9.47 Å². The van der Waals surface area contributed by atoms with Crippen LogP contribution in [0.1, 0.15) is 49.3 Å². The number of allylic oxidation sites excluding steroid dienone is 3. The summed E-state index contributed by atoms with van der Waals surface area (Å²) in [4.78, 5) is 15.8. The molecule has 0 saturated heterocycles. The zero-order chi connectivity index (χ0) is 22.6. The van der Waals surface area contributed by atoms with E-state index in [4.69, 9.17) is 21.1 Å². The van der Waals surface area contributed by atoms with E-state index in [1.165, 1.54) is 11.3 Å². The normalized spacial score (nSPS) is 21.4. The van der Waals surface area contributed by atoms with Crippen LogP contribution in [0.15, 0.2) is 53.7 Å². The molecule has 166 valence electrons. The third-order valence-corrected chi connectivity index (χ3v) is 7.12. The lowest BCUT2D eigenvalue weighted by Gasteiger charge is -2.46. The molecule has 5 rings (SSSR count). The third-order valence-electron chi connectivity index (χ3n) is 6.87. The predicted molar refractivity (Wildman–Crippen MR) is 127 cm³/mol. The van der Waals surface area contributed by atoms with Crippen LogP contribution >= 0.6 is 11.6 Å². The standard InChI is InChI=1S/C27H28ClNO3/c1-27(2)14-22-26(23(30)15-27)20(16-5-7-18(28)8-6-16)12-21-19-13-25(32-4)24(31-3)11-17(19)9-10-29(21)22/h5-8,11-13,20H,9-10,14-15H2,1-4H3/t20-/m1/s1. The van der Waals surface area contributed by atoms with Gasteiger partial charge in [0.15, 0.2) is 17.3 Å². The number of ether oxygens (including phenoxy) is 2. The molecular formula is C27H28ClNO3.